The lowest BCUT2D eigenvalue weighted by molar-refractivity contribution is 0.102. The lowest BCUT2D eigenvalue weighted by Gasteiger charge is -2.06. The molecule has 0 saturated heterocycles. The van der Waals surface area contributed by atoms with Crippen LogP contribution in [0.1, 0.15) is 16.1 Å². The molecule has 0 radical (unpaired) electrons. The van der Waals surface area contributed by atoms with Crippen molar-refractivity contribution in [2.24, 2.45) is 0 Å². The van der Waals surface area contributed by atoms with E-state index in [1.807, 2.05) is 6.92 Å². The lowest BCUT2D eigenvalue weighted by Crippen LogP contribution is -2.15. The van der Waals surface area contributed by atoms with Crippen LogP contribution < -0.4 is 11.1 Å². The molecule has 0 aliphatic rings. The first kappa shape index (κ1) is 11.0. The maximum Gasteiger partial charge on any atom is 0.276 e. The van der Waals surface area contributed by atoms with Crippen LogP contribution in [-0.4, -0.2) is 21.1 Å². The summed E-state index contributed by atoms with van der Waals surface area (Å²) < 4.78 is 0. The highest BCUT2D eigenvalue weighted by molar-refractivity contribution is 6.03. The van der Waals surface area contributed by atoms with Gasteiger partial charge in [-0.1, -0.05) is 0 Å². The van der Waals surface area contributed by atoms with Gasteiger partial charge in [-0.25, -0.2) is 0 Å². The summed E-state index contributed by atoms with van der Waals surface area (Å²) in [4.78, 5) is 15.7. The van der Waals surface area contributed by atoms with Crippen LogP contribution in [0.2, 0.25) is 0 Å². The molecule has 6 heteroatoms. The van der Waals surface area contributed by atoms with Gasteiger partial charge in [0.2, 0.25) is 0 Å². The topological polar surface area (TPSA) is 93.8 Å². The minimum Gasteiger partial charge on any atom is -0.382 e. The van der Waals surface area contributed by atoms with Gasteiger partial charge in [0.15, 0.2) is 5.69 Å². The molecule has 2 rings (SSSR count). The minimum absolute atomic E-state index is 0.218. The van der Waals surface area contributed by atoms with Crippen LogP contribution in [0.5, 0.6) is 0 Å². The van der Waals surface area contributed by atoms with Gasteiger partial charge in [-0.15, -0.1) is 10.2 Å². The summed E-state index contributed by atoms with van der Waals surface area (Å²) >= 11 is 0. The van der Waals surface area contributed by atoms with E-state index in [1.165, 1.54) is 12.1 Å². The Bertz CT molecular complexity index is 538. The van der Waals surface area contributed by atoms with Crippen LogP contribution in [0.4, 0.5) is 11.5 Å². The van der Waals surface area contributed by atoms with Crippen molar-refractivity contribution in [3.8, 4) is 0 Å². The van der Waals surface area contributed by atoms with E-state index < -0.39 is 0 Å². The van der Waals surface area contributed by atoms with Gasteiger partial charge >= 0.3 is 0 Å². The molecule has 2 heterocycles. The van der Waals surface area contributed by atoms with Gasteiger partial charge in [0.1, 0.15) is 5.82 Å². The minimum atomic E-state index is -0.327. The summed E-state index contributed by atoms with van der Waals surface area (Å²) in [7, 11) is 0. The number of anilines is 2. The molecule has 6 nitrogen and oxygen atoms in total. The number of nitrogen functional groups attached to an aromatic ring is 1. The number of aryl methyl sites for hydroxylation is 1. The van der Waals surface area contributed by atoms with E-state index in [2.05, 4.69) is 20.5 Å². The summed E-state index contributed by atoms with van der Waals surface area (Å²) in [6.07, 6.45) is 3.28. The fourth-order valence-electron chi connectivity index (χ4n) is 1.26. The van der Waals surface area contributed by atoms with Gasteiger partial charge in [0.25, 0.3) is 5.91 Å². The smallest absolute Gasteiger partial charge is 0.276 e. The molecule has 0 bridgehead atoms. The number of hydrogen-bond donors (Lipinski definition) is 2. The molecule has 0 unspecified atom stereocenters. The number of nitrogens with one attached hydrogen (secondary N) is 1. The van der Waals surface area contributed by atoms with Gasteiger partial charge in [-0.05, 0) is 30.7 Å². The molecule has 0 spiro atoms. The number of aromatic nitrogens is 3. The zero-order valence-corrected chi connectivity index (χ0v) is 9.21. The van der Waals surface area contributed by atoms with E-state index in [-0.39, 0.29) is 17.4 Å². The molecular weight excluding hydrogens is 218 g/mol. The van der Waals surface area contributed by atoms with Crippen molar-refractivity contribution in [2.45, 2.75) is 6.92 Å². The highest BCUT2D eigenvalue weighted by Gasteiger charge is 2.09. The molecule has 1 amide bonds. The average molecular weight is 229 g/mol. The Balaban J connectivity index is 2.17. The first-order chi connectivity index (χ1) is 8.16. The Kier molecular flexibility index (Phi) is 2.95. The zero-order valence-electron chi connectivity index (χ0n) is 9.21. The molecule has 0 atom stereocenters. The fourth-order valence-corrected chi connectivity index (χ4v) is 1.26. The number of nitrogens with zero attached hydrogens (tertiary/aromatic N) is 3. The standard InChI is InChI=1S/C11H11N5O/c1-7-6-13-5-4-8(7)14-11(17)9-2-3-10(12)16-15-9/h2-6H,1H3,(H2,12,16)(H,13,14,17). The lowest BCUT2D eigenvalue weighted by atomic mass is 10.2. The SMILES string of the molecule is Cc1cnccc1NC(=O)c1ccc(N)nn1. The third kappa shape index (κ3) is 2.54. The van der Waals surface area contributed by atoms with Gasteiger partial charge < -0.3 is 11.1 Å². The predicted octanol–water partition coefficient (Wildman–Crippen LogP) is 1.01. The number of carbonyl (C=O) groups is 1. The maximum atomic E-state index is 11.8. The molecule has 86 valence electrons. The summed E-state index contributed by atoms with van der Waals surface area (Å²) in [6.45, 7) is 1.86. The van der Waals surface area contributed by atoms with E-state index in [0.29, 0.717) is 5.69 Å². The summed E-state index contributed by atoms with van der Waals surface area (Å²) in [5.41, 5.74) is 7.18. The molecule has 2 aromatic rings. The molecule has 0 aliphatic carbocycles. The molecular formula is C11H11N5O. The fraction of sp³-hybridized carbons (Fsp3) is 0.0909. The van der Waals surface area contributed by atoms with Gasteiger partial charge in [-0.2, -0.15) is 0 Å². The Hall–Kier alpha value is -2.50. The number of amides is 1. The Morgan fingerprint density at radius 3 is 2.76 bits per heavy atom. The van der Waals surface area contributed by atoms with Crippen LogP contribution in [-0.2, 0) is 0 Å². The molecule has 0 aromatic carbocycles. The van der Waals surface area contributed by atoms with E-state index in [0.717, 1.165) is 5.56 Å². The molecule has 17 heavy (non-hydrogen) atoms. The molecule has 3 N–H and O–H groups in total. The first-order valence-electron chi connectivity index (χ1n) is 4.98. The van der Waals surface area contributed by atoms with Crippen molar-refractivity contribution < 1.29 is 4.79 Å². The van der Waals surface area contributed by atoms with E-state index in [9.17, 15) is 4.79 Å². The number of rotatable bonds is 2. The van der Waals surface area contributed by atoms with Crippen molar-refractivity contribution in [1.29, 1.82) is 0 Å². The third-order valence-electron chi connectivity index (χ3n) is 2.19. The van der Waals surface area contributed by atoms with Crippen LogP contribution in [0.3, 0.4) is 0 Å². The largest absolute Gasteiger partial charge is 0.382 e. The number of nitrogens with two attached hydrogens (primary N) is 1. The monoisotopic (exact) mass is 229 g/mol. The second kappa shape index (κ2) is 4.56. The predicted molar refractivity (Wildman–Crippen MR) is 63.4 cm³/mol. The second-order valence-corrected chi connectivity index (χ2v) is 3.49. The molecule has 2 aromatic heterocycles. The van der Waals surface area contributed by atoms with Crippen LogP contribution in [0.25, 0.3) is 0 Å². The highest BCUT2D eigenvalue weighted by atomic mass is 16.1. The zero-order chi connectivity index (χ0) is 12.3. The second-order valence-electron chi connectivity index (χ2n) is 3.49. The quantitative estimate of drug-likeness (QED) is 0.801. The summed E-state index contributed by atoms with van der Waals surface area (Å²) in [6, 6.07) is 4.77. The van der Waals surface area contributed by atoms with Gasteiger partial charge in [0.05, 0.1) is 0 Å². The van der Waals surface area contributed by atoms with E-state index in [1.54, 1.807) is 18.5 Å². The van der Waals surface area contributed by atoms with Crippen molar-refractivity contribution >= 4 is 17.4 Å². The number of hydrogen-bond acceptors (Lipinski definition) is 5. The molecule has 0 saturated carbocycles. The normalized spacial score (nSPS) is 9.94. The van der Waals surface area contributed by atoms with Crippen LogP contribution >= 0.6 is 0 Å². The van der Waals surface area contributed by atoms with Gasteiger partial charge in [-0.3, -0.25) is 9.78 Å². The third-order valence-corrected chi connectivity index (χ3v) is 2.19. The van der Waals surface area contributed by atoms with Crippen molar-refractivity contribution in [1.82, 2.24) is 15.2 Å². The first-order valence-corrected chi connectivity index (χ1v) is 4.98. The maximum absolute atomic E-state index is 11.8. The van der Waals surface area contributed by atoms with Crippen LogP contribution in [0, 0.1) is 6.92 Å². The summed E-state index contributed by atoms with van der Waals surface area (Å²) in [5.74, 6) is -0.0477. The summed E-state index contributed by atoms with van der Waals surface area (Å²) in [5, 5.41) is 10.0. The van der Waals surface area contributed by atoms with Crippen molar-refractivity contribution in [3.05, 3.63) is 41.9 Å². The highest BCUT2D eigenvalue weighted by Crippen LogP contribution is 2.12. The van der Waals surface area contributed by atoms with Crippen LogP contribution in [0.15, 0.2) is 30.6 Å². The van der Waals surface area contributed by atoms with Crippen molar-refractivity contribution in [2.75, 3.05) is 11.1 Å². The average Bonchev–Trinajstić information content (AvgIpc) is 2.33. The van der Waals surface area contributed by atoms with Crippen molar-refractivity contribution in [3.63, 3.8) is 0 Å². The van der Waals surface area contributed by atoms with E-state index in [4.69, 9.17) is 5.73 Å². The Morgan fingerprint density at radius 1 is 1.29 bits per heavy atom. The number of carbonyl (C=O) groups excluding carboxylic acids is 1. The molecule has 0 fully saturated rings. The Labute approximate surface area is 97.9 Å². The Morgan fingerprint density at radius 2 is 2.12 bits per heavy atom. The van der Waals surface area contributed by atoms with E-state index >= 15 is 0 Å². The van der Waals surface area contributed by atoms with Gasteiger partial charge in [0, 0.05) is 18.1 Å². The molecule has 0 aliphatic heterocycles. The number of pyridine rings is 1.